The van der Waals surface area contributed by atoms with E-state index in [0.717, 1.165) is 12.2 Å². The van der Waals surface area contributed by atoms with Crippen molar-refractivity contribution in [3.05, 3.63) is 218 Å². The van der Waals surface area contributed by atoms with Crippen molar-refractivity contribution in [2.24, 2.45) is 0 Å². The first-order chi connectivity index (χ1) is 32.1. The highest BCUT2D eigenvalue weighted by molar-refractivity contribution is 7.19. The van der Waals surface area contributed by atoms with Gasteiger partial charge in [0.1, 0.15) is 12.4 Å². The second-order valence-corrected chi connectivity index (χ2v) is 20.0. The van der Waals surface area contributed by atoms with Gasteiger partial charge in [-0.3, -0.25) is 0 Å². The van der Waals surface area contributed by atoms with E-state index in [1.165, 1.54) is 123 Å². The molecule has 0 radical (unpaired) electrons. The van der Waals surface area contributed by atoms with Gasteiger partial charge in [-0.05, 0) is 159 Å². The van der Waals surface area contributed by atoms with Crippen LogP contribution in [0.1, 0.15) is 107 Å². The van der Waals surface area contributed by atoms with Gasteiger partial charge in [0.15, 0.2) is 0 Å². The van der Waals surface area contributed by atoms with Crippen molar-refractivity contribution >= 4 is 33.1 Å². The number of thiophene rings is 1. The maximum Gasteiger partial charge on any atom is 0.127 e. The summed E-state index contributed by atoms with van der Waals surface area (Å²) >= 11 is 2.00. The molecule has 0 bridgehead atoms. The number of allylic oxidation sites excluding steroid dienone is 4. The molecule has 1 nitrogen and oxygen atoms in total. The van der Waals surface area contributed by atoms with Gasteiger partial charge < -0.3 is 4.74 Å². The molecule has 0 fully saturated rings. The van der Waals surface area contributed by atoms with Crippen LogP contribution in [0.2, 0.25) is 0 Å². The van der Waals surface area contributed by atoms with Gasteiger partial charge in [0, 0.05) is 31.5 Å². The lowest BCUT2D eigenvalue weighted by Crippen LogP contribution is -2.15. The van der Waals surface area contributed by atoms with Crippen molar-refractivity contribution in [3.8, 4) is 50.3 Å². The van der Waals surface area contributed by atoms with Gasteiger partial charge in [0.2, 0.25) is 0 Å². The molecule has 2 heteroatoms. The minimum Gasteiger partial charge on any atom is -0.488 e. The molecule has 1 aliphatic heterocycles. The van der Waals surface area contributed by atoms with E-state index in [1.807, 2.05) is 37.3 Å². The van der Waals surface area contributed by atoms with E-state index in [-0.39, 0.29) is 5.41 Å². The lowest BCUT2D eigenvalue weighted by molar-refractivity contribution is 0.388. The Morgan fingerprint density at radius 1 is 0.652 bits per heavy atom. The van der Waals surface area contributed by atoms with E-state index < -0.39 is 0 Å². The van der Waals surface area contributed by atoms with Crippen molar-refractivity contribution in [2.45, 2.75) is 86.0 Å². The molecular formula is C64H60OS. The summed E-state index contributed by atoms with van der Waals surface area (Å²) in [5.74, 6) is 1.27. The molecule has 7 aromatic carbocycles. The van der Waals surface area contributed by atoms with E-state index in [1.54, 1.807) is 10.4 Å². The van der Waals surface area contributed by atoms with Crippen molar-refractivity contribution < 1.29 is 4.74 Å². The quantitative estimate of drug-likeness (QED) is 0.167. The number of ether oxygens (including phenoxy) is 1. The fourth-order valence-electron chi connectivity index (χ4n) is 10.7. The molecular weight excluding hydrogens is 817 g/mol. The largest absolute Gasteiger partial charge is 0.488 e. The summed E-state index contributed by atoms with van der Waals surface area (Å²) < 4.78 is 7.28. The third-order valence-electron chi connectivity index (χ3n) is 14.3. The van der Waals surface area contributed by atoms with Crippen LogP contribution in [0.15, 0.2) is 158 Å². The zero-order valence-corrected chi connectivity index (χ0v) is 40.6. The van der Waals surface area contributed by atoms with Crippen LogP contribution in [0.5, 0.6) is 5.75 Å². The summed E-state index contributed by atoms with van der Waals surface area (Å²) in [6.45, 7) is 18.3. The van der Waals surface area contributed by atoms with Crippen LogP contribution in [0.4, 0.5) is 0 Å². The first-order valence-corrected chi connectivity index (χ1v) is 24.8. The maximum absolute atomic E-state index is 5.82. The SMILES string of the molecule is CC.Cc1ccc(-c2ccc3c(c2)-c2ccccc2C3)cc1-c1cc(C(C)/C=C\C=C2/COc3ccccc32)ccc1C.Cc1ccc2c(c1)C(C)(C)c1c-2ccc2sc3c(c12)C=CCC3. The molecule has 66 heavy (non-hydrogen) atoms. The highest BCUT2D eigenvalue weighted by atomic mass is 32.1. The third-order valence-corrected chi connectivity index (χ3v) is 15.5. The first-order valence-electron chi connectivity index (χ1n) is 24.0. The molecule has 0 amide bonds. The third kappa shape index (κ3) is 7.70. The predicted octanol–water partition coefficient (Wildman–Crippen LogP) is 17.8. The number of para-hydroxylation sites is 1. The van der Waals surface area contributed by atoms with E-state index in [2.05, 4.69) is 193 Å². The highest BCUT2D eigenvalue weighted by Gasteiger charge is 2.38. The van der Waals surface area contributed by atoms with E-state index in [0.29, 0.717) is 12.5 Å². The lowest BCUT2D eigenvalue weighted by Gasteiger charge is -2.23. The standard InChI is InChI=1S/C40H34O.C22H20S.C2H6/c1-26(9-8-11-34-25-41-40-14-7-6-13-36(34)40)29-17-15-27(2)37(22-29)38-23-30(18-16-28(38)3)31-19-20-33-21-32-10-4-5-12-35(32)39(33)24-31;1-13-8-9-14-15-10-11-19-20(16-6-4-5-7-18(16)23-19)21(15)22(2,3)17(14)12-13;1-2/h4-20,22-24,26H,21,25H2,1-3H3;4,6,8-12H,5,7H2,1-3H3;1-2H3/b9-8-,34-11+;;. The van der Waals surface area contributed by atoms with Crippen LogP contribution in [-0.4, -0.2) is 6.61 Å². The van der Waals surface area contributed by atoms with Gasteiger partial charge in [0.25, 0.3) is 0 Å². The topological polar surface area (TPSA) is 9.23 Å². The van der Waals surface area contributed by atoms with Crippen LogP contribution in [0.25, 0.3) is 66.2 Å². The average molecular weight is 877 g/mol. The van der Waals surface area contributed by atoms with Crippen LogP contribution < -0.4 is 4.74 Å². The molecule has 1 unspecified atom stereocenters. The zero-order chi connectivity index (χ0) is 45.7. The van der Waals surface area contributed by atoms with Crippen LogP contribution in [0, 0.1) is 20.8 Å². The number of aryl methyl sites for hydroxylation is 4. The molecule has 2 heterocycles. The number of benzene rings is 7. The van der Waals surface area contributed by atoms with Crippen LogP contribution >= 0.6 is 11.3 Å². The minimum atomic E-state index is 0.0797. The van der Waals surface area contributed by atoms with Crippen LogP contribution in [-0.2, 0) is 18.3 Å². The van der Waals surface area contributed by atoms with Gasteiger partial charge in [-0.25, -0.2) is 0 Å². The molecule has 0 spiro atoms. The molecule has 8 aromatic rings. The number of rotatable bonds is 5. The number of hydrogen-bond donors (Lipinski definition) is 0. The van der Waals surface area contributed by atoms with Crippen molar-refractivity contribution in [3.63, 3.8) is 0 Å². The van der Waals surface area contributed by atoms with Gasteiger partial charge in [-0.1, -0.05) is 180 Å². The van der Waals surface area contributed by atoms with E-state index in [4.69, 9.17) is 4.74 Å². The Kier molecular flexibility index (Phi) is 11.7. The Balaban J connectivity index is 0.000000172. The second-order valence-electron chi connectivity index (χ2n) is 18.9. The Hall–Kier alpha value is -6.48. The minimum absolute atomic E-state index is 0.0797. The average Bonchev–Trinajstić information content (AvgIpc) is 4.09. The summed E-state index contributed by atoms with van der Waals surface area (Å²) in [5, 5.41) is 1.51. The molecule has 1 atom stereocenters. The van der Waals surface area contributed by atoms with Gasteiger partial charge >= 0.3 is 0 Å². The summed E-state index contributed by atoms with van der Waals surface area (Å²) in [7, 11) is 0. The monoisotopic (exact) mass is 876 g/mol. The van der Waals surface area contributed by atoms with Crippen LogP contribution in [0.3, 0.4) is 0 Å². The maximum atomic E-state index is 5.82. The Morgan fingerprint density at radius 2 is 1.35 bits per heavy atom. The first kappa shape index (κ1) is 43.4. The van der Waals surface area contributed by atoms with E-state index >= 15 is 0 Å². The van der Waals surface area contributed by atoms with Crippen molar-refractivity contribution in [1.82, 2.24) is 0 Å². The number of fused-ring (bicyclic) bond motifs is 11. The smallest absolute Gasteiger partial charge is 0.127 e. The Bertz CT molecular complexity index is 3270. The number of hydrogen-bond acceptors (Lipinski definition) is 2. The molecule has 1 aromatic heterocycles. The molecule has 3 aliphatic carbocycles. The molecule has 0 saturated heterocycles. The normalized spacial score (nSPS) is 15.4. The van der Waals surface area contributed by atoms with Gasteiger partial charge in [0.05, 0.1) is 0 Å². The molecule has 4 aliphatic rings. The van der Waals surface area contributed by atoms with Crippen molar-refractivity contribution in [1.29, 1.82) is 0 Å². The Labute approximate surface area is 396 Å². The lowest BCUT2D eigenvalue weighted by atomic mass is 9.79. The molecule has 328 valence electrons. The summed E-state index contributed by atoms with van der Waals surface area (Å²) in [4.78, 5) is 1.57. The Morgan fingerprint density at radius 3 is 2.18 bits per heavy atom. The summed E-state index contributed by atoms with van der Waals surface area (Å²) in [6.07, 6.45) is 14.8. The summed E-state index contributed by atoms with van der Waals surface area (Å²) in [6, 6.07) is 49.6. The van der Waals surface area contributed by atoms with Gasteiger partial charge in [-0.2, -0.15) is 0 Å². The van der Waals surface area contributed by atoms with Crippen molar-refractivity contribution in [2.75, 3.05) is 6.61 Å². The molecule has 0 saturated carbocycles. The van der Waals surface area contributed by atoms with Gasteiger partial charge in [-0.15, -0.1) is 11.3 Å². The fourth-order valence-corrected chi connectivity index (χ4v) is 12.0. The highest BCUT2D eigenvalue weighted by Crippen LogP contribution is 2.54. The molecule has 12 rings (SSSR count). The summed E-state index contributed by atoms with van der Waals surface area (Å²) in [5.41, 5.74) is 25.9. The fraction of sp³-hybridized carbons (Fsp3) is 0.219. The predicted molar refractivity (Wildman–Crippen MR) is 285 cm³/mol. The van der Waals surface area contributed by atoms with E-state index in [9.17, 15) is 0 Å². The molecule has 0 N–H and O–H groups in total. The second kappa shape index (κ2) is 17.7. The zero-order valence-electron chi connectivity index (χ0n) is 39.8.